The van der Waals surface area contributed by atoms with Crippen LogP contribution in [0.2, 0.25) is 0 Å². The van der Waals surface area contributed by atoms with E-state index in [0.29, 0.717) is 0 Å². The van der Waals surface area contributed by atoms with E-state index < -0.39 is 0 Å². The van der Waals surface area contributed by atoms with Gasteiger partial charge in [-0.1, -0.05) is 72.4 Å². The molecule has 0 atom stereocenters. The highest BCUT2D eigenvalue weighted by Gasteiger charge is 2.11. The second kappa shape index (κ2) is 7.68. The first-order chi connectivity index (χ1) is 13.2. The standard InChI is InChI=1S/C24H19NOS/c1-25-16-22(18-9-4-2-5-10-18)24(26)23(17-25)19-11-8-14-21(15-19)27-20-12-6-3-7-13-20/h2-17H,1H3. The van der Waals surface area contributed by atoms with Gasteiger partial charge in [0.15, 0.2) is 5.43 Å². The van der Waals surface area contributed by atoms with E-state index in [1.807, 2.05) is 84.7 Å². The van der Waals surface area contributed by atoms with Crippen molar-refractivity contribution < 1.29 is 0 Å². The summed E-state index contributed by atoms with van der Waals surface area (Å²) < 4.78 is 1.95. The Bertz CT molecular complexity index is 1120. The molecule has 3 aromatic carbocycles. The van der Waals surface area contributed by atoms with E-state index in [1.165, 1.54) is 4.90 Å². The minimum Gasteiger partial charge on any atom is -0.356 e. The van der Waals surface area contributed by atoms with Crippen LogP contribution in [0.5, 0.6) is 0 Å². The summed E-state index contributed by atoms with van der Waals surface area (Å²) in [6.07, 6.45) is 3.80. The lowest BCUT2D eigenvalue weighted by Crippen LogP contribution is -2.11. The fraction of sp³-hybridized carbons (Fsp3) is 0.0417. The van der Waals surface area contributed by atoms with E-state index in [0.717, 1.165) is 27.1 Å². The van der Waals surface area contributed by atoms with E-state index in [9.17, 15) is 4.79 Å². The maximum Gasteiger partial charge on any atom is 0.197 e. The molecule has 0 aliphatic carbocycles. The van der Waals surface area contributed by atoms with Gasteiger partial charge >= 0.3 is 0 Å². The first-order valence-corrected chi connectivity index (χ1v) is 9.61. The highest BCUT2D eigenvalue weighted by atomic mass is 32.2. The van der Waals surface area contributed by atoms with Gasteiger partial charge in [0.2, 0.25) is 0 Å². The molecule has 0 bridgehead atoms. The summed E-state index contributed by atoms with van der Waals surface area (Å²) in [6, 6.07) is 28.3. The van der Waals surface area contributed by atoms with Crippen molar-refractivity contribution in [2.75, 3.05) is 0 Å². The number of hydrogen-bond donors (Lipinski definition) is 0. The van der Waals surface area contributed by atoms with Gasteiger partial charge < -0.3 is 4.57 Å². The Hall–Kier alpha value is -3.04. The first kappa shape index (κ1) is 17.4. The summed E-state index contributed by atoms with van der Waals surface area (Å²) in [5, 5.41) is 0. The van der Waals surface area contributed by atoms with Crippen molar-refractivity contribution >= 4 is 11.8 Å². The van der Waals surface area contributed by atoms with Gasteiger partial charge in [0.1, 0.15) is 0 Å². The van der Waals surface area contributed by atoms with Gasteiger partial charge in [-0.25, -0.2) is 0 Å². The fourth-order valence-electron chi connectivity index (χ4n) is 3.09. The second-order valence-corrected chi connectivity index (χ2v) is 7.54. The van der Waals surface area contributed by atoms with Crippen LogP contribution in [0.1, 0.15) is 0 Å². The molecule has 1 aromatic heterocycles. The molecule has 0 amide bonds. The van der Waals surface area contributed by atoms with E-state index in [2.05, 4.69) is 24.3 Å². The number of aryl methyl sites for hydroxylation is 1. The maximum atomic E-state index is 13.2. The zero-order valence-corrected chi connectivity index (χ0v) is 15.8. The third-order valence-corrected chi connectivity index (χ3v) is 5.36. The minimum absolute atomic E-state index is 0.0566. The van der Waals surface area contributed by atoms with Crippen molar-refractivity contribution in [3.8, 4) is 22.3 Å². The zero-order valence-electron chi connectivity index (χ0n) is 15.0. The third kappa shape index (κ3) is 3.88. The topological polar surface area (TPSA) is 22.0 Å². The molecule has 0 spiro atoms. The quantitative estimate of drug-likeness (QED) is 0.449. The van der Waals surface area contributed by atoms with Crippen LogP contribution in [0, 0.1) is 0 Å². The third-order valence-electron chi connectivity index (χ3n) is 4.36. The molecule has 3 heteroatoms. The first-order valence-electron chi connectivity index (χ1n) is 8.80. The Labute approximate surface area is 163 Å². The molecule has 0 radical (unpaired) electrons. The summed E-state index contributed by atoms with van der Waals surface area (Å²) in [5.74, 6) is 0. The van der Waals surface area contributed by atoms with Crippen molar-refractivity contribution in [1.29, 1.82) is 0 Å². The predicted molar refractivity (Wildman–Crippen MR) is 113 cm³/mol. The zero-order chi connectivity index (χ0) is 18.6. The van der Waals surface area contributed by atoms with Crippen LogP contribution in [0.3, 0.4) is 0 Å². The Morgan fingerprint density at radius 1 is 0.667 bits per heavy atom. The molecule has 0 aliphatic rings. The van der Waals surface area contributed by atoms with Crippen molar-refractivity contribution in [2.45, 2.75) is 9.79 Å². The van der Waals surface area contributed by atoms with Crippen LogP contribution in [-0.4, -0.2) is 4.57 Å². The Morgan fingerprint density at radius 2 is 1.22 bits per heavy atom. The highest BCUT2D eigenvalue weighted by Crippen LogP contribution is 2.30. The van der Waals surface area contributed by atoms with Gasteiger partial charge in [-0.05, 0) is 35.4 Å². The molecule has 132 valence electrons. The van der Waals surface area contributed by atoms with E-state index >= 15 is 0 Å². The van der Waals surface area contributed by atoms with Gasteiger partial charge in [-0.3, -0.25) is 4.79 Å². The van der Waals surface area contributed by atoms with Gasteiger partial charge in [0, 0.05) is 40.4 Å². The maximum absolute atomic E-state index is 13.2. The highest BCUT2D eigenvalue weighted by molar-refractivity contribution is 7.99. The van der Waals surface area contributed by atoms with Crippen molar-refractivity contribution in [3.05, 3.63) is 108 Å². The van der Waals surface area contributed by atoms with Gasteiger partial charge in [-0.2, -0.15) is 0 Å². The number of benzene rings is 3. The molecule has 27 heavy (non-hydrogen) atoms. The lowest BCUT2D eigenvalue weighted by atomic mass is 10.0. The van der Waals surface area contributed by atoms with Gasteiger partial charge in [0.25, 0.3) is 0 Å². The van der Waals surface area contributed by atoms with Crippen LogP contribution >= 0.6 is 11.8 Å². The molecule has 0 unspecified atom stereocenters. The summed E-state index contributed by atoms with van der Waals surface area (Å²) in [6.45, 7) is 0. The molecule has 0 N–H and O–H groups in total. The van der Waals surface area contributed by atoms with E-state index in [1.54, 1.807) is 11.8 Å². The second-order valence-electron chi connectivity index (χ2n) is 6.39. The molecule has 1 heterocycles. The minimum atomic E-state index is 0.0566. The number of rotatable bonds is 4. The summed E-state index contributed by atoms with van der Waals surface area (Å²) in [7, 11) is 1.96. The molecular weight excluding hydrogens is 350 g/mol. The lowest BCUT2D eigenvalue weighted by Gasteiger charge is -2.10. The molecule has 0 aliphatic heterocycles. The smallest absolute Gasteiger partial charge is 0.197 e. The summed E-state index contributed by atoms with van der Waals surface area (Å²) >= 11 is 1.70. The van der Waals surface area contributed by atoms with Gasteiger partial charge in [0.05, 0.1) is 0 Å². The predicted octanol–water partition coefficient (Wildman–Crippen LogP) is 5.87. The Morgan fingerprint density at radius 3 is 1.93 bits per heavy atom. The van der Waals surface area contributed by atoms with Crippen LogP contribution in [0.25, 0.3) is 22.3 Å². The van der Waals surface area contributed by atoms with Crippen LogP contribution in [0.4, 0.5) is 0 Å². The van der Waals surface area contributed by atoms with E-state index in [-0.39, 0.29) is 5.43 Å². The van der Waals surface area contributed by atoms with Crippen LogP contribution < -0.4 is 5.43 Å². The van der Waals surface area contributed by atoms with Crippen molar-refractivity contribution in [2.24, 2.45) is 7.05 Å². The van der Waals surface area contributed by atoms with E-state index in [4.69, 9.17) is 0 Å². The number of hydrogen-bond acceptors (Lipinski definition) is 2. The molecule has 2 nitrogen and oxygen atoms in total. The molecule has 0 saturated heterocycles. The van der Waals surface area contributed by atoms with Gasteiger partial charge in [-0.15, -0.1) is 0 Å². The SMILES string of the molecule is Cn1cc(-c2ccccc2)c(=O)c(-c2cccc(Sc3ccccc3)c2)c1. The monoisotopic (exact) mass is 369 g/mol. The van der Waals surface area contributed by atoms with Crippen LogP contribution in [0.15, 0.2) is 112 Å². The normalized spacial score (nSPS) is 10.7. The molecule has 4 aromatic rings. The largest absolute Gasteiger partial charge is 0.356 e. The summed E-state index contributed by atoms with van der Waals surface area (Å²) in [4.78, 5) is 15.5. The Balaban J connectivity index is 1.77. The molecule has 4 rings (SSSR count). The van der Waals surface area contributed by atoms with Crippen LogP contribution in [-0.2, 0) is 7.05 Å². The summed E-state index contributed by atoms with van der Waals surface area (Å²) in [5.41, 5.74) is 3.37. The number of nitrogens with zero attached hydrogens (tertiary/aromatic N) is 1. The average molecular weight is 369 g/mol. The Kier molecular flexibility index (Phi) is 4.95. The average Bonchev–Trinajstić information content (AvgIpc) is 2.71. The molecular formula is C24H19NOS. The number of aromatic nitrogens is 1. The number of pyridine rings is 1. The van der Waals surface area contributed by atoms with Crippen molar-refractivity contribution in [1.82, 2.24) is 4.57 Å². The molecule has 0 saturated carbocycles. The van der Waals surface area contributed by atoms with Crippen molar-refractivity contribution in [3.63, 3.8) is 0 Å². The lowest BCUT2D eigenvalue weighted by molar-refractivity contribution is 0.904. The molecule has 0 fully saturated rings. The fourth-order valence-corrected chi connectivity index (χ4v) is 3.99.